The summed E-state index contributed by atoms with van der Waals surface area (Å²) in [5.41, 5.74) is 0.463. The zero-order valence-corrected chi connectivity index (χ0v) is 18.6. The second-order valence-electron chi connectivity index (χ2n) is 10.2. The van der Waals surface area contributed by atoms with Crippen molar-refractivity contribution in [2.24, 2.45) is 11.3 Å². The lowest BCUT2D eigenvalue weighted by Gasteiger charge is -2.42. The second-order valence-corrected chi connectivity index (χ2v) is 10.2. The van der Waals surface area contributed by atoms with Crippen molar-refractivity contribution >= 4 is 0 Å². The second kappa shape index (κ2) is 9.59. The van der Waals surface area contributed by atoms with E-state index >= 15 is 0 Å². The highest BCUT2D eigenvalue weighted by Crippen LogP contribution is 2.47. The number of hydrogen-bond donors (Lipinski definition) is 0. The molecule has 0 aromatic rings. The summed E-state index contributed by atoms with van der Waals surface area (Å²) in [5.74, 6) is 0.598. The fourth-order valence-corrected chi connectivity index (χ4v) is 5.65. The smallest absolute Gasteiger partial charge is 0.168 e. The Balaban J connectivity index is 1.34. The number of nitrogens with zero attached hydrogens (tertiary/aromatic N) is 1. The number of rotatable bonds is 8. The highest BCUT2D eigenvalue weighted by molar-refractivity contribution is 4.89. The van der Waals surface area contributed by atoms with E-state index in [2.05, 4.69) is 32.6 Å². The van der Waals surface area contributed by atoms with E-state index in [0.717, 1.165) is 31.4 Å². The van der Waals surface area contributed by atoms with Gasteiger partial charge in [0, 0.05) is 18.9 Å². The predicted octanol–water partition coefficient (Wildman–Crippen LogP) is 6.16. The molecule has 0 bridgehead atoms. The molecule has 2 atom stereocenters. The summed E-state index contributed by atoms with van der Waals surface area (Å²) in [5, 5.41) is 0. The van der Waals surface area contributed by atoms with Gasteiger partial charge in [-0.1, -0.05) is 40.5 Å². The van der Waals surface area contributed by atoms with Gasteiger partial charge in [0.15, 0.2) is 5.79 Å². The largest absolute Gasteiger partial charge is 0.347 e. The number of likely N-dealkylation sites (tertiary alicyclic amines) is 1. The van der Waals surface area contributed by atoms with Gasteiger partial charge in [0.1, 0.15) is 0 Å². The molecule has 3 heteroatoms. The molecule has 3 rings (SSSR count). The molecular weight excluding hydrogens is 334 g/mol. The first-order chi connectivity index (χ1) is 13.0. The molecule has 2 unspecified atom stereocenters. The van der Waals surface area contributed by atoms with Gasteiger partial charge in [-0.2, -0.15) is 0 Å². The van der Waals surface area contributed by atoms with Crippen molar-refractivity contribution in [3.05, 3.63) is 0 Å². The third-order valence-corrected chi connectivity index (χ3v) is 8.12. The molecule has 1 saturated carbocycles. The van der Waals surface area contributed by atoms with Gasteiger partial charge >= 0.3 is 0 Å². The Hall–Kier alpha value is -0.120. The van der Waals surface area contributed by atoms with E-state index < -0.39 is 0 Å². The van der Waals surface area contributed by atoms with Crippen LogP contribution in [0.2, 0.25) is 0 Å². The molecular formula is C24H45NO2. The molecule has 27 heavy (non-hydrogen) atoms. The molecule has 0 aromatic carbocycles. The van der Waals surface area contributed by atoms with Crippen LogP contribution in [0.25, 0.3) is 0 Å². The first kappa shape index (κ1) is 21.6. The molecule has 1 aliphatic carbocycles. The Morgan fingerprint density at radius 2 is 1.81 bits per heavy atom. The third kappa shape index (κ3) is 5.48. The van der Waals surface area contributed by atoms with E-state index in [4.69, 9.17) is 9.47 Å². The highest BCUT2D eigenvalue weighted by atomic mass is 16.7. The van der Waals surface area contributed by atoms with E-state index in [1.165, 1.54) is 77.3 Å². The summed E-state index contributed by atoms with van der Waals surface area (Å²) < 4.78 is 12.7. The normalized spacial score (nSPS) is 35.8. The van der Waals surface area contributed by atoms with E-state index in [1.54, 1.807) is 0 Å². The summed E-state index contributed by atoms with van der Waals surface area (Å²) in [6, 6.07) is 0.843. The summed E-state index contributed by atoms with van der Waals surface area (Å²) >= 11 is 0. The van der Waals surface area contributed by atoms with Crippen LogP contribution in [-0.4, -0.2) is 42.5 Å². The fourth-order valence-electron chi connectivity index (χ4n) is 5.65. The fraction of sp³-hybridized carbons (Fsp3) is 1.00. The molecule has 2 saturated heterocycles. The SMILES string of the molecule is CCC1CCCCN1CCCCC1COC2(CCC(C(C)(C)CC)CC2)O1. The van der Waals surface area contributed by atoms with Gasteiger partial charge in [0.25, 0.3) is 0 Å². The molecule has 3 nitrogen and oxygen atoms in total. The van der Waals surface area contributed by atoms with Crippen LogP contribution < -0.4 is 0 Å². The third-order valence-electron chi connectivity index (χ3n) is 8.12. The summed E-state index contributed by atoms with van der Waals surface area (Å²) in [6.07, 6.45) is 15.7. The van der Waals surface area contributed by atoms with Crippen LogP contribution in [0.5, 0.6) is 0 Å². The van der Waals surface area contributed by atoms with Crippen molar-refractivity contribution in [3.8, 4) is 0 Å². The monoisotopic (exact) mass is 379 g/mol. The minimum Gasteiger partial charge on any atom is -0.347 e. The summed E-state index contributed by atoms with van der Waals surface area (Å²) in [6.45, 7) is 13.0. The Morgan fingerprint density at radius 1 is 1.04 bits per heavy atom. The minimum absolute atomic E-state index is 0.231. The molecule has 158 valence electrons. The van der Waals surface area contributed by atoms with Crippen molar-refractivity contribution in [1.29, 1.82) is 0 Å². The number of hydrogen-bond acceptors (Lipinski definition) is 3. The Kier molecular flexibility index (Phi) is 7.66. The molecule has 0 amide bonds. The zero-order chi connectivity index (χ0) is 19.3. The van der Waals surface area contributed by atoms with Gasteiger partial charge in [-0.3, -0.25) is 0 Å². The van der Waals surface area contributed by atoms with E-state index in [-0.39, 0.29) is 5.79 Å². The molecule has 3 fully saturated rings. The van der Waals surface area contributed by atoms with E-state index in [1.807, 2.05) is 0 Å². The maximum Gasteiger partial charge on any atom is 0.168 e. The van der Waals surface area contributed by atoms with Crippen LogP contribution in [0.1, 0.15) is 105 Å². The molecule has 2 heterocycles. The Morgan fingerprint density at radius 3 is 2.52 bits per heavy atom. The summed E-state index contributed by atoms with van der Waals surface area (Å²) in [4.78, 5) is 2.74. The summed E-state index contributed by atoms with van der Waals surface area (Å²) in [7, 11) is 0. The van der Waals surface area contributed by atoms with Crippen LogP contribution in [0.3, 0.4) is 0 Å². The zero-order valence-electron chi connectivity index (χ0n) is 18.6. The molecule has 1 spiro atoms. The van der Waals surface area contributed by atoms with Crippen LogP contribution in [0, 0.1) is 11.3 Å². The average Bonchev–Trinajstić information content (AvgIpc) is 3.08. The lowest BCUT2D eigenvalue weighted by molar-refractivity contribution is -0.197. The lowest BCUT2D eigenvalue weighted by Crippen LogP contribution is -2.39. The van der Waals surface area contributed by atoms with Gasteiger partial charge in [-0.25, -0.2) is 0 Å². The van der Waals surface area contributed by atoms with Gasteiger partial charge in [-0.05, 0) is 75.8 Å². The van der Waals surface area contributed by atoms with Gasteiger partial charge in [0.2, 0.25) is 0 Å². The predicted molar refractivity (Wildman–Crippen MR) is 113 cm³/mol. The minimum atomic E-state index is -0.231. The standard InChI is InChI=1S/C24H45NO2/c1-5-21-11-7-9-17-25(21)18-10-8-12-22-19-26-24(27-22)15-13-20(14-16-24)23(3,4)6-2/h20-22H,5-19H2,1-4H3. The highest BCUT2D eigenvalue weighted by Gasteiger charge is 2.46. The number of piperidine rings is 1. The number of ether oxygens (including phenoxy) is 2. The topological polar surface area (TPSA) is 21.7 Å². The van der Waals surface area contributed by atoms with Crippen molar-refractivity contribution in [1.82, 2.24) is 4.90 Å². The van der Waals surface area contributed by atoms with E-state index in [9.17, 15) is 0 Å². The maximum atomic E-state index is 6.48. The molecule has 2 aliphatic heterocycles. The van der Waals surface area contributed by atoms with E-state index in [0.29, 0.717) is 11.5 Å². The van der Waals surface area contributed by atoms with Crippen molar-refractivity contribution in [2.75, 3.05) is 19.7 Å². The first-order valence-electron chi connectivity index (χ1n) is 12.0. The van der Waals surface area contributed by atoms with Gasteiger partial charge in [-0.15, -0.1) is 0 Å². The number of unbranched alkanes of at least 4 members (excludes halogenated alkanes) is 1. The average molecular weight is 380 g/mol. The van der Waals surface area contributed by atoms with Crippen LogP contribution >= 0.6 is 0 Å². The van der Waals surface area contributed by atoms with Crippen LogP contribution in [0.15, 0.2) is 0 Å². The molecule has 0 aromatic heterocycles. The van der Waals surface area contributed by atoms with Crippen molar-refractivity contribution in [3.63, 3.8) is 0 Å². The quantitative estimate of drug-likeness (QED) is 0.471. The van der Waals surface area contributed by atoms with Crippen LogP contribution in [0.4, 0.5) is 0 Å². The molecule has 3 aliphatic rings. The molecule has 0 N–H and O–H groups in total. The van der Waals surface area contributed by atoms with Gasteiger partial charge < -0.3 is 14.4 Å². The van der Waals surface area contributed by atoms with Gasteiger partial charge in [0.05, 0.1) is 12.7 Å². The van der Waals surface area contributed by atoms with Crippen molar-refractivity contribution in [2.45, 2.75) is 123 Å². The van der Waals surface area contributed by atoms with Crippen molar-refractivity contribution < 1.29 is 9.47 Å². The first-order valence-corrected chi connectivity index (χ1v) is 12.0. The Bertz CT molecular complexity index is 442. The Labute approximate surface area is 168 Å². The molecule has 0 radical (unpaired) electrons. The lowest BCUT2D eigenvalue weighted by atomic mass is 9.68. The maximum absolute atomic E-state index is 6.48. The van der Waals surface area contributed by atoms with Crippen LogP contribution in [-0.2, 0) is 9.47 Å².